The summed E-state index contributed by atoms with van der Waals surface area (Å²) in [5.74, 6) is 0.670. The molecular weight excluding hydrogens is 454 g/mol. The van der Waals surface area contributed by atoms with Crippen LogP contribution in [0.5, 0.6) is 17.5 Å². The standard InChI is InChI=1S/C24H20ClN7O2/c25-18-3-1-2-4-20(18)34-21-12-16-14-28-31-24(33)22(16)23(30-21)29-19-6-5-17(11-15(19)13-26)32-9-7-27-8-10-32/h1-6,11-12,14,27H,7-10H2,(H,29,30)(H,31,33). The maximum atomic E-state index is 10.4. The van der Waals surface area contributed by atoms with Gasteiger partial charge in [-0.3, -0.25) is 0 Å². The highest BCUT2D eigenvalue weighted by molar-refractivity contribution is 6.32. The fraction of sp³-hybridized carbons (Fsp3) is 0.167. The van der Waals surface area contributed by atoms with Crippen molar-refractivity contribution in [2.24, 2.45) is 0 Å². The largest absolute Gasteiger partial charge is 0.492 e. The molecule has 0 bridgehead atoms. The molecule has 2 aromatic carbocycles. The molecule has 0 spiro atoms. The maximum absolute atomic E-state index is 10.4. The van der Waals surface area contributed by atoms with Crippen LogP contribution in [0.25, 0.3) is 10.8 Å². The predicted molar refractivity (Wildman–Crippen MR) is 130 cm³/mol. The van der Waals surface area contributed by atoms with Crippen molar-refractivity contribution in [3.8, 4) is 23.6 Å². The fourth-order valence-corrected chi connectivity index (χ4v) is 4.01. The number of pyridine rings is 1. The van der Waals surface area contributed by atoms with Crippen molar-refractivity contribution in [2.75, 3.05) is 36.4 Å². The first-order valence-electron chi connectivity index (χ1n) is 10.7. The summed E-state index contributed by atoms with van der Waals surface area (Å²) in [6, 6.07) is 16.6. The van der Waals surface area contributed by atoms with E-state index in [1.807, 2.05) is 18.2 Å². The van der Waals surface area contributed by atoms with E-state index in [4.69, 9.17) is 16.3 Å². The molecule has 0 unspecified atom stereocenters. The van der Waals surface area contributed by atoms with Crippen LogP contribution in [0, 0.1) is 11.3 Å². The Morgan fingerprint density at radius 2 is 1.97 bits per heavy atom. The first kappa shape index (κ1) is 21.7. The van der Waals surface area contributed by atoms with E-state index in [0.29, 0.717) is 32.8 Å². The van der Waals surface area contributed by atoms with Crippen LogP contribution < -0.4 is 20.3 Å². The van der Waals surface area contributed by atoms with Crippen LogP contribution in [-0.4, -0.2) is 46.5 Å². The second-order valence-corrected chi connectivity index (χ2v) is 8.08. The Morgan fingerprint density at radius 3 is 2.76 bits per heavy atom. The minimum Gasteiger partial charge on any atom is -0.492 e. The van der Waals surface area contributed by atoms with Crippen molar-refractivity contribution in [3.63, 3.8) is 0 Å². The topological polar surface area (TPSA) is 119 Å². The Labute approximate surface area is 200 Å². The second kappa shape index (κ2) is 9.39. The molecule has 5 rings (SSSR count). The molecule has 1 aliphatic heterocycles. The summed E-state index contributed by atoms with van der Waals surface area (Å²) in [7, 11) is 0. The lowest BCUT2D eigenvalue weighted by Gasteiger charge is -2.29. The van der Waals surface area contributed by atoms with E-state index in [1.165, 1.54) is 6.20 Å². The Hall–Kier alpha value is -4.13. The van der Waals surface area contributed by atoms with E-state index in [9.17, 15) is 10.4 Å². The number of nitriles is 1. The SMILES string of the molecule is N#Cc1cc(N2CCNCC2)ccc1Nc1nc(Oc2ccccc2Cl)cc2cnnc(O)c12. The first-order chi connectivity index (χ1) is 16.6. The molecule has 0 aliphatic carbocycles. The lowest BCUT2D eigenvalue weighted by atomic mass is 10.1. The second-order valence-electron chi connectivity index (χ2n) is 7.68. The number of piperazine rings is 1. The number of aromatic hydroxyl groups is 1. The van der Waals surface area contributed by atoms with E-state index in [-0.39, 0.29) is 17.6 Å². The summed E-state index contributed by atoms with van der Waals surface area (Å²) in [4.78, 5) is 6.76. The Kier molecular flexibility index (Phi) is 5.99. The number of benzene rings is 2. The van der Waals surface area contributed by atoms with Gasteiger partial charge in [0.05, 0.1) is 27.9 Å². The smallest absolute Gasteiger partial charge is 0.242 e. The number of rotatable bonds is 5. The Bertz CT molecular complexity index is 1400. The van der Waals surface area contributed by atoms with Gasteiger partial charge in [0.1, 0.15) is 17.6 Å². The minimum atomic E-state index is -0.285. The van der Waals surface area contributed by atoms with Crippen LogP contribution in [-0.2, 0) is 0 Å². The number of fused-ring (bicyclic) bond motifs is 1. The summed E-state index contributed by atoms with van der Waals surface area (Å²) < 4.78 is 5.90. The molecule has 34 heavy (non-hydrogen) atoms. The zero-order valence-electron chi connectivity index (χ0n) is 18.0. The van der Waals surface area contributed by atoms with E-state index in [1.54, 1.807) is 30.3 Å². The van der Waals surface area contributed by atoms with Gasteiger partial charge in [-0.1, -0.05) is 23.7 Å². The molecule has 170 valence electrons. The van der Waals surface area contributed by atoms with E-state index < -0.39 is 0 Å². The van der Waals surface area contributed by atoms with E-state index >= 15 is 0 Å². The van der Waals surface area contributed by atoms with Crippen LogP contribution >= 0.6 is 11.6 Å². The number of hydrogen-bond acceptors (Lipinski definition) is 9. The number of anilines is 3. The predicted octanol–water partition coefficient (Wildman–Crippen LogP) is 4.20. The van der Waals surface area contributed by atoms with Gasteiger partial charge < -0.3 is 25.4 Å². The van der Waals surface area contributed by atoms with Gasteiger partial charge in [-0.2, -0.15) is 15.3 Å². The highest BCUT2D eigenvalue weighted by Crippen LogP contribution is 2.36. The van der Waals surface area contributed by atoms with Gasteiger partial charge in [-0.15, -0.1) is 5.10 Å². The summed E-state index contributed by atoms with van der Waals surface area (Å²) in [6.07, 6.45) is 1.50. The monoisotopic (exact) mass is 473 g/mol. The molecule has 0 amide bonds. The van der Waals surface area contributed by atoms with Crippen LogP contribution in [0.4, 0.5) is 17.2 Å². The highest BCUT2D eigenvalue weighted by Gasteiger charge is 2.17. The molecule has 3 N–H and O–H groups in total. The maximum Gasteiger partial charge on any atom is 0.242 e. The number of halogens is 1. The summed E-state index contributed by atoms with van der Waals surface area (Å²) in [5, 5.41) is 35.6. The number of para-hydroxylation sites is 1. The van der Waals surface area contributed by atoms with Crippen LogP contribution in [0.3, 0.4) is 0 Å². The first-order valence-corrected chi connectivity index (χ1v) is 11.0. The molecule has 1 fully saturated rings. The molecule has 10 heteroatoms. The van der Waals surface area contributed by atoms with Crippen LogP contribution in [0.15, 0.2) is 54.7 Å². The summed E-state index contributed by atoms with van der Waals surface area (Å²) >= 11 is 6.23. The molecule has 1 aliphatic rings. The molecular formula is C24H20ClN7O2. The fourth-order valence-electron chi connectivity index (χ4n) is 3.84. The molecule has 1 saturated heterocycles. The van der Waals surface area contributed by atoms with E-state index in [0.717, 1.165) is 31.9 Å². The van der Waals surface area contributed by atoms with Gasteiger partial charge in [-0.05, 0) is 30.3 Å². The lowest BCUT2D eigenvalue weighted by Crippen LogP contribution is -2.43. The van der Waals surface area contributed by atoms with Crippen molar-refractivity contribution in [3.05, 3.63) is 65.3 Å². The van der Waals surface area contributed by atoms with Crippen LogP contribution in [0.2, 0.25) is 5.02 Å². The number of nitrogens with one attached hydrogen (secondary N) is 2. The number of aromatic nitrogens is 3. The third-order valence-corrected chi connectivity index (χ3v) is 5.82. The normalized spacial score (nSPS) is 13.5. The van der Waals surface area contributed by atoms with Crippen LogP contribution in [0.1, 0.15) is 5.56 Å². The van der Waals surface area contributed by atoms with E-state index in [2.05, 4.69) is 36.8 Å². The molecule has 0 saturated carbocycles. The molecule has 9 nitrogen and oxygen atoms in total. The zero-order chi connectivity index (χ0) is 23.5. The summed E-state index contributed by atoms with van der Waals surface area (Å²) in [5.41, 5.74) is 1.97. The third kappa shape index (κ3) is 4.37. The van der Waals surface area contributed by atoms with Gasteiger partial charge in [0.25, 0.3) is 0 Å². The lowest BCUT2D eigenvalue weighted by molar-refractivity contribution is 0.451. The minimum absolute atomic E-state index is 0.242. The van der Waals surface area contributed by atoms with Gasteiger partial charge in [0.2, 0.25) is 11.8 Å². The third-order valence-electron chi connectivity index (χ3n) is 5.51. The molecule has 0 atom stereocenters. The number of ether oxygens (including phenoxy) is 1. The number of nitrogens with zero attached hydrogens (tertiary/aromatic N) is 5. The Balaban J connectivity index is 1.54. The van der Waals surface area contributed by atoms with Crippen molar-refractivity contribution >= 4 is 39.6 Å². The van der Waals surface area contributed by atoms with Gasteiger partial charge in [0.15, 0.2) is 0 Å². The van der Waals surface area contributed by atoms with Crippen molar-refractivity contribution in [1.82, 2.24) is 20.5 Å². The van der Waals surface area contributed by atoms with Crippen molar-refractivity contribution in [1.29, 1.82) is 5.26 Å². The van der Waals surface area contributed by atoms with Crippen molar-refractivity contribution in [2.45, 2.75) is 0 Å². The highest BCUT2D eigenvalue weighted by atomic mass is 35.5. The molecule has 4 aromatic rings. The summed E-state index contributed by atoms with van der Waals surface area (Å²) in [6.45, 7) is 3.54. The average molecular weight is 474 g/mol. The average Bonchev–Trinajstić information content (AvgIpc) is 2.86. The quantitative estimate of drug-likeness (QED) is 0.391. The molecule has 2 aromatic heterocycles. The zero-order valence-corrected chi connectivity index (χ0v) is 18.8. The van der Waals surface area contributed by atoms with Gasteiger partial charge in [-0.25, -0.2) is 0 Å². The van der Waals surface area contributed by atoms with Gasteiger partial charge in [0, 0.05) is 43.3 Å². The number of hydrogen-bond donors (Lipinski definition) is 3. The molecule has 3 heterocycles. The Morgan fingerprint density at radius 1 is 1.15 bits per heavy atom. The molecule has 0 radical (unpaired) electrons. The van der Waals surface area contributed by atoms with Crippen molar-refractivity contribution < 1.29 is 9.84 Å². The van der Waals surface area contributed by atoms with Gasteiger partial charge >= 0.3 is 0 Å².